The van der Waals surface area contributed by atoms with E-state index in [0.29, 0.717) is 25.2 Å². The van der Waals surface area contributed by atoms with Crippen molar-refractivity contribution < 1.29 is 18.0 Å². The normalized spacial score (nSPS) is 11.6. The van der Waals surface area contributed by atoms with E-state index in [2.05, 4.69) is 15.5 Å². The Morgan fingerprint density at radius 3 is 2.77 bits per heavy atom. The van der Waals surface area contributed by atoms with E-state index < -0.39 is 11.9 Å². The highest BCUT2D eigenvalue weighted by atomic mass is 19.4. The van der Waals surface area contributed by atoms with Crippen LogP contribution in [0.25, 0.3) is 0 Å². The quantitative estimate of drug-likeness (QED) is 0.824. The minimum absolute atomic E-state index is 0.232. The first-order chi connectivity index (χ1) is 10.4. The third kappa shape index (κ3) is 4.34. The fourth-order valence-electron chi connectivity index (χ4n) is 1.90. The molecule has 1 amide bonds. The Morgan fingerprint density at radius 1 is 1.41 bits per heavy atom. The van der Waals surface area contributed by atoms with Crippen molar-refractivity contribution in [3.63, 3.8) is 0 Å². The summed E-state index contributed by atoms with van der Waals surface area (Å²) in [4.78, 5) is 11.7. The van der Waals surface area contributed by atoms with Gasteiger partial charge in [-0.3, -0.25) is 14.2 Å². The fourth-order valence-corrected chi connectivity index (χ4v) is 1.90. The molecule has 2 aromatic rings. The summed E-state index contributed by atoms with van der Waals surface area (Å²) < 4.78 is 40.3. The maximum atomic E-state index is 12.5. The molecule has 0 radical (unpaired) electrons. The molecule has 6 nitrogen and oxygen atoms in total. The molecule has 2 heterocycles. The van der Waals surface area contributed by atoms with E-state index in [1.807, 2.05) is 6.20 Å². The van der Waals surface area contributed by atoms with E-state index in [0.717, 1.165) is 10.7 Å². The van der Waals surface area contributed by atoms with Gasteiger partial charge in [0.05, 0.1) is 0 Å². The van der Waals surface area contributed by atoms with Crippen LogP contribution < -0.4 is 5.32 Å². The van der Waals surface area contributed by atoms with E-state index in [1.165, 1.54) is 6.92 Å². The minimum atomic E-state index is -4.50. The van der Waals surface area contributed by atoms with Gasteiger partial charge in [-0.1, -0.05) is 0 Å². The van der Waals surface area contributed by atoms with Crippen LogP contribution >= 0.6 is 0 Å². The molecule has 2 rings (SSSR count). The largest absolute Gasteiger partial charge is 0.435 e. The van der Waals surface area contributed by atoms with Crippen molar-refractivity contribution in [3.05, 3.63) is 35.9 Å². The number of hydrogen-bond acceptors (Lipinski definition) is 3. The molecule has 120 valence electrons. The lowest BCUT2D eigenvalue weighted by Gasteiger charge is -2.07. The molecule has 0 saturated carbocycles. The molecule has 0 fully saturated rings. The topological polar surface area (TPSA) is 64.7 Å². The zero-order valence-corrected chi connectivity index (χ0v) is 12.0. The number of nitrogens with zero attached hydrogens (tertiary/aromatic N) is 4. The average molecular weight is 315 g/mol. The Bertz CT molecular complexity index is 618. The highest BCUT2D eigenvalue weighted by Crippen LogP contribution is 2.28. The SMILES string of the molecule is Cc1cc(C(F)(F)F)nn1CC(=O)NCCCn1cccn1. The number of hydrogen-bond donors (Lipinski definition) is 1. The summed E-state index contributed by atoms with van der Waals surface area (Å²) in [6, 6.07) is 2.72. The van der Waals surface area contributed by atoms with Crippen molar-refractivity contribution >= 4 is 5.91 Å². The highest BCUT2D eigenvalue weighted by Gasteiger charge is 2.34. The second-order valence-corrected chi connectivity index (χ2v) is 4.80. The summed E-state index contributed by atoms with van der Waals surface area (Å²) in [6.07, 6.45) is -0.347. The van der Waals surface area contributed by atoms with Crippen molar-refractivity contribution in [1.82, 2.24) is 24.9 Å². The maximum absolute atomic E-state index is 12.5. The summed E-state index contributed by atoms with van der Waals surface area (Å²) in [6.45, 7) is 2.33. The van der Waals surface area contributed by atoms with Crippen molar-refractivity contribution in [2.75, 3.05) is 6.54 Å². The molecular formula is C13H16F3N5O. The summed E-state index contributed by atoms with van der Waals surface area (Å²) in [5.41, 5.74) is -0.699. The number of aryl methyl sites for hydroxylation is 2. The lowest BCUT2D eigenvalue weighted by Crippen LogP contribution is -2.29. The molecule has 0 aromatic carbocycles. The van der Waals surface area contributed by atoms with Gasteiger partial charge in [-0.15, -0.1) is 0 Å². The van der Waals surface area contributed by atoms with Crippen molar-refractivity contribution in [2.24, 2.45) is 0 Å². The van der Waals surface area contributed by atoms with Gasteiger partial charge in [0.15, 0.2) is 5.69 Å². The second-order valence-electron chi connectivity index (χ2n) is 4.80. The van der Waals surface area contributed by atoms with Gasteiger partial charge >= 0.3 is 6.18 Å². The number of carbonyl (C=O) groups excluding carboxylic acids is 1. The summed E-state index contributed by atoms with van der Waals surface area (Å²) in [5.74, 6) is -0.375. The molecule has 1 N–H and O–H groups in total. The van der Waals surface area contributed by atoms with Crippen molar-refractivity contribution in [1.29, 1.82) is 0 Å². The van der Waals surface area contributed by atoms with Gasteiger partial charge in [0.25, 0.3) is 0 Å². The highest BCUT2D eigenvalue weighted by molar-refractivity contribution is 5.75. The van der Waals surface area contributed by atoms with Crippen LogP contribution in [0.4, 0.5) is 13.2 Å². The molecule has 0 aliphatic carbocycles. The van der Waals surface area contributed by atoms with Crippen LogP contribution in [0.5, 0.6) is 0 Å². The number of aromatic nitrogens is 4. The molecule has 0 saturated heterocycles. The Labute approximate surface area is 124 Å². The smallest absolute Gasteiger partial charge is 0.354 e. The van der Waals surface area contributed by atoms with E-state index in [4.69, 9.17) is 0 Å². The van der Waals surface area contributed by atoms with Crippen LogP contribution in [0.1, 0.15) is 17.8 Å². The van der Waals surface area contributed by atoms with Gasteiger partial charge in [0, 0.05) is 31.2 Å². The Kier molecular flexibility index (Phi) is 4.84. The molecule has 22 heavy (non-hydrogen) atoms. The van der Waals surface area contributed by atoms with Crippen LogP contribution in [-0.2, 0) is 24.1 Å². The standard InChI is InChI=1S/C13H16F3N5O/c1-10-8-11(13(14,15)16)19-21(10)9-12(22)17-4-2-6-20-7-3-5-18-20/h3,5,7-8H,2,4,6,9H2,1H3,(H,17,22). The van der Waals surface area contributed by atoms with Gasteiger partial charge in [0.2, 0.25) is 5.91 Å². The zero-order chi connectivity index (χ0) is 16.2. The number of rotatable bonds is 6. The molecule has 0 spiro atoms. The van der Waals surface area contributed by atoms with Crippen LogP contribution in [0.15, 0.2) is 24.5 Å². The lowest BCUT2D eigenvalue weighted by molar-refractivity contribution is -0.141. The van der Waals surface area contributed by atoms with Gasteiger partial charge in [-0.05, 0) is 25.5 Å². The zero-order valence-electron chi connectivity index (χ0n) is 12.0. The summed E-state index contributed by atoms with van der Waals surface area (Å²) in [5, 5.41) is 10.1. The molecule has 0 atom stereocenters. The van der Waals surface area contributed by atoms with Gasteiger partial charge in [0.1, 0.15) is 6.54 Å². The Balaban J connectivity index is 1.78. The second kappa shape index (κ2) is 6.63. The van der Waals surface area contributed by atoms with Crippen LogP contribution in [0.2, 0.25) is 0 Å². The third-order valence-corrected chi connectivity index (χ3v) is 3.01. The Hall–Kier alpha value is -2.32. The van der Waals surface area contributed by atoms with Gasteiger partial charge < -0.3 is 5.32 Å². The average Bonchev–Trinajstić information content (AvgIpc) is 3.05. The maximum Gasteiger partial charge on any atom is 0.435 e. The third-order valence-electron chi connectivity index (χ3n) is 3.01. The van der Waals surface area contributed by atoms with Gasteiger partial charge in [-0.25, -0.2) is 0 Å². The molecule has 0 aliphatic heterocycles. The molecule has 0 bridgehead atoms. The monoisotopic (exact) mass is 315 g/mol. The fraction of sp³-hybridized carbons (Fsp3) is 0.462. The molecule has 9 heteroatoms. The summed E-state index contributed by atoms with van der Waals surface area (Å²) >= 11 is 0. The van der Waals surface area contributed by atoms with Gasteiger partial charge in [-0.2, -0.15) is 23.4 Å². The molecule has 2 aromatic heterocycles. The predicted molar refractivity (Wildman–Crippen MR) is 71.8 cm³/mol. The first-order valence-corrected chi connectivity index (χ1v) is 6.72. The van der Waals surface area contributed by atoms with Crippen LogP contribution in [-0.4, -0.2) is 32.0 Å². The number of carbonyl (C=O) groups is 1. The van der Waals surface area contributed by atoms with Crippen molar-refractivity contribution in [2.45, 2.75) is 32.6 Å². The first kappa shape index (κ1) is 16.1. The predicted octanol–water partition coefficient (Wildman–Crippen LogP) is 1.61. The van der Waals surface area contributed by atoms with Crippen LogP contribution in [0, 0.1) is 6.92 Å². The molecular weight excluding hydrogens is 299 g/mol. The molecule has 0 aliphatic rings. The van der Waals surface area contributed by atoms with Crippen LogP contribution in [0.3, 0.4) is 0 Å². The van der Waals surface area contributed by atoms with E-state index in [9.17, 15) is 18.0 Å². The summed E-state index contributed by atoms with van der Waals surface area (Å²) in [7, 11) is 0. The Morgan fingerprint density at radius 2 is 2.18 bits per heavy atom. The van der Waals surface area contributed by atoms with Crippen molar-refractivity contribution in [3.8, 4) is 0 Å². The number of amides is 1. The van der Waals surface area contributed by atoms with E-state index >= 15 is 0 Å². The first-order valence-electron chi connectivity index (χ1n) is 6.72. The van der Waals surface area contributed by atoms with E-state index in [1.54, 1.807) is 16.9 Å². The molecule has 0 unspecified atom stereocenters. The lowest BCUT2D eigenvalue weighted by atomic mass is 10.3. The number of alkyl halides is 3. The number of nitrogens with one attached hydrogen (secondary N) is 1. The van der Waals surface area contributed by atoms with E-state index in [-0.39, 0.29) is 12.5 Å². The number of halogens is 3. The minimum Gasteiger partial charge on any atom is -0.354 e.